The van der Waals surface area contributed by atoms with Crippen LogP contribution in [0.1, 0.15) is 54.6 Å². The molecule has 0 bridgehead atoms. The Morgan fingerprint density at radius 3 is 1.70 bits per heavy atom. The molecule has 234 valence electrons. The molecule has 0 saturated carbocycles. The zero-order chi connectivity index (χ0) is 32.6. The molecule has 0 radical (unpaired) electrons. The number of benzene rings is 2. The van der Waals surface area contributed by atoms with Crippen molar-refractivity contribution in [3.8, 4) is 0 Å². The van der Waals surface area contributed by atoms with Crippen molar-refractivity contribution in [3.05, 3.63) is 129 Å². The number of fused-ring (bicyclic) bond motifs is 2. The first-order valence-electron chi connectivity index (χ1n) is 14.7. The number of aromatic nitrogens is 4. The van der Waals surface area contributed by atoms with Gasteiger partial charge < -0.3 is 15.7 Å². The van der Waals surface area contributed by atoms with Crippen molar-refractivity contribution >= 4 is 41.3 Å². The Morgan fingerprint density at radius 2 is 1.20 bits per heavy atom. The van der Waals surface area contributed by atoms with E-state index in [0.717, 1.165) is 34.4 Å². The molecule has 2 aromatic heterocycles. The van der Waals surface area contributed by atoms with Crippen LogP contribution in [-0.4, -0.2) is 42.0 Å². The number of nitrogens with one attached hydrogen (secondary N) is 2. The number of hydrogen-bond donors (Lipinski definition) is 3. The number of aliphatic carboxylic acids is 1. The Bertz CT molecular complexity index is 1930. The lowest BCUT2D eigenvalue weighted by Gasteiger charge is -2.11. The van der Waals surface area contributed by atoms with Crippen LogP contribution in [0.5, 0.6) is 0 Å². The molecule has 46 heavy (non-hydrogen) atoms. The number of carbonyl (C=O) groups is 3. The van der Waals surface area contributed by atoms with Crippen LogP contribution < -0.4 is 21.8 Å². The topological polar surface area (TPSA) is 165 Å². The van der Waals surface area contributed by atoms with Crippen LogP contribution in [0.2, 0.25) is 0 Å². The summed E-state index contributed by atoms with van der Waals surface area (Å²) >= 11 is 0. The third-order valence-electron chi connectivity index (χ3n) is 7.57. The second-order valence-electron chi connectivity index (χ2n) is 10.8. The molecule has 2 aromatic carbocycles. The summed E-state index contributed by atoms with van der Waals surface area (Å²) in [6, 6.07) is 18.0. The van der Waals surface area contributed by atoms with Gasteiger partial charge in [0, 0.05) is 31.0 Å². The van der Waals surface area contributed by atoms with E-state index in [-0.39, 0.29) is 28.9 Å². The number of anilines is 2. The fraction of sp³-hybridized carbons (Fsp3) is 0.206. The van der Waals surface area contributed by atoms with E-state index in [1.54, 1.807) is 16.7 Å². The van der Waals surface area contributed by atoms with Gasteiger partial charge in [-0.25, -0.2) is 14.8 Å². The van der Waals surface area contributed by atoms with E-state index in [1.807, 2.05) is 67.6 Å². The monoisotopic (exact) mass is 620 g/mol. The number of carbonyl (C=O) groups excluding carboxylic acids is 2. The van der Waals surface area contributed by atoms with Gasteiger partial charge in [0.25, 0.3) is 11.1 Å². The van der Waals surface area contributed by atoms with Crippen molar-refractivity contribution in [2.75, 3.05) is 10.6 Å². The largest absolute Gasteiger partial charge is 0.480 e. The second-order valence-corrected chi connectivity index (χ2v) is 10.8. The number of nitrogens with zero attached hydrogens (tertiary/aromatic N) is 4. The zero-order valence-corrected chi connectivity index (χ0v) is 25.0. The van der Waals surface area contributed by atoms with Gasteiger partial charge in [0.2, 0.25) is 11.8 Å². The predicted octanol–water partition coefficient (Wildman–Crippen LogP) is 3.87. The van der Waals surface area contributed by atoms with E-state index in [1.165, 1.54) is 24.5 Å². The van der Waals surface area contributed by atoms with E-state index < -0.39 is 23.5 Å². The number of aryl methyl sites for hydroxylation is 2. The standard InChI is InChI=1S/C17H15N3O4.C17H17N3O2/c21-15(9-6-11-4-2-1-3-5-11)19-12-10-18-14-8-7-13(17(23)24)20(14)16(12)22;1-12-7-9-15-18-11-14(17(22)20(12)15)19-16(21)10-8-13-5-3-2-4-6-13/h1-6,9-10,13H,7-8H2,(H,19,21)(H,23,24);2-6,8,10-12H,7,9H2,1H3,(H,19,21)/b9-6+;10-8+/t;12-/m.1/s1. The molecule has 1 unspecified atom stereocenters. The summed E-state index contributed by atoms with van der Waals surface area (Å²) < 4.78 is 2.80. The summed E-state index contributed by atoms with van der Waals surface area (Å²) in [5, 5.41) is 14.2. The van der Waals surface area contributed by atoms with Crippen molar-refractivity contribution in [1.29, 1.82) is 0 Å². The van der Waals surface area contributed by atoms with E-state index in [0.29, 0.717) is 18.7 Å². The normalized spacial score (nSPS) is 16.4. The predicted molar refractivity (Wildman–Crippen MR) is 173 cm³/mol. The molecule has 12 heteroatoms. The smallest absolute Gasteiger partial charge is 0.326 e. The fourth-order valence-electron chi connectivity index (χ4n) is 5.24. The second kappa shape index (κ2) is 14.2. The molecule has 0 saturated heterocycles. The Balaban J connectivity index is 0.000000182. The molecule has 0 fully saturated rings. The molecule has 0 aliphatic carbocycles. The van der Waals surface area contributed by atoms with Gasteiger partial charge in [-0.1, -0.05) is 60.7 Å². The molecule has 12 nitrogen and oxygen atoms in total. The molecule has 2 aliphatic heterocycles. The number of amides is 2. The maximum absolute atomic E-state index is 12.4. The van der Waals surface area contributed by atoms with Crippen LogP contribution >= 0.6 is 0 Å². The van der Waals surface area contributed by atoms with Crippen molar-refractivity contribution in [2.45, 2.75) is 44.7 Å². The average Bonchev–Trinajstić information content (AvgIpc) is 3.68. The third kappa shape index (κ3) is 7.41. The first-order chi connectivity index (χ1) is 22.2. The minimum atomic E-state index is -1.08. The first-order valence-corrected chi connectivity index (χ1v) is 14.7. The van der Waals surface area contributed by atoms with Crippen LogP contribution in [0.25, 0.3) is 12.2 Å². The highest BCUT2D eigenvalue weighted by Crippen LogP contribution is 2.23. The molecule has 2 atom stereocenters. The van der Waals surface area contributed by atoms with Gasteiger partial charge in [-0.3, -0.25) is 28.3 Å². The van der Waals surface area contributed by atoms with E-state index >= 15 is 0 Å². The van der Waals surface area contributed by atoms with Gasteiger partial charge in [0.1, 0.15) is 29.1 Å². The summed E-state index contributed by atoms with van der Waals surface area (Å²) in [5.74, 6) is -0.692. The van der Waals surface area contributed by atoms with E-state index in [2.05, 4.69) is 20.6 Å². The number of carboxylic acids is 1. The van der Waals surface area contributed by atoms with Crippen LogP contribution in [0.4, 0.5) is 11.4 Å². The van der Waals surface area contributed by atoms with Crippen LogP contribution in [0.3, 0.4) is 0 Å². The lowest BCUT2D eigenvalue weighted by Crippen LogP contribution is -2.31. The quantitative estimate of drug-likeness (QED) is 0.262. The summed E-state index contributed by atoms with van der Waals surface area (Å²) in [4.78, 5) is 68.3. The molecule has 4 heterocycles. The van der Waals surface area contributed by atoms with Gasteiger partial charge in [-0.2, -0.15) is 0 Å². The molecule has 2 aliphatic rings. The highest BCUT2D eigenvalue weighted by molar-refractivity contribution is 6.02. The van der Waals surface area contributed by atoms with Gasteiger partial charge in [-0.05, 0) is 43.0 Å². The SMILES string of the molecule is C[C@@H]1CCc2ncc(NC(=O)/C=C/c3ccccc3)c(=O)n21.O=C(/C=C/c1ccccc1)Nc1cnc2n(c1=O)C(C(=O)O)CC2. The average molecular weight is 621 g/mol. The molecule has 4 aromatic rings. The fourth-order valence-corrected chi connectivity index (χ4v) is 5.24. The zero-order valence-electron chi connectivity index (χ0n) is 25.0. The summed E-state index contributed by atoms with van der Waals surface area (Å²) in [6.07, 6.45) is 11.2. The molecule has 2 amide bonds. The van der Waals surface area contributed by atoms with Crippen molar-refractivity contribution in [2.24, 2.45) is 0 Å². The van der Waals surface area contributed by atoms with Gasteiger partial charge in [-0.15, -0.1) is 0 Å². The van der Waals surface area contributed by atoms with Crippen LogP contribution in [0, 0.1) is 0 Å². The Morgan fingerprint density at radius 1 is 0.739 bits per heavy atom. The van der Waals surface area contributed by atoms with Crippen molar-refractivity contribution < 1.29 is 19.5 Å². The highest BCUT2D eigenvalue weighted by Gasteiger charge is 2.31. The molecule has 3 N–H and O–H groups in total. The highest BCUT2D eigenvalue weighted by atomic mass is 16.4. The van der Waals surface area contributed by atoms with Gasteiger partial charge in [0.05, 0.1) is 12.4 Å². The van der Waals surface area contributed by atoms with Gasteiger partial charge in [0.15, 0.2) is 0 Å². The minimum Gasteiger partial charge on any atom is -0.480 e. The van der Waals surface area contributed by atoms with Crippen LogP contribution in [0.15, 0.2) is 94.8 Å². The first kappa shape index (κ1) is 31.5. The number of carboxylic acid groups (broad SMARTS) is 1. The molecular formula is C34H32N6O6. The Hall–Kier alpha value is -5.91. The van der Waals surface area contributed by atoms with Gasteiger partial charge >= 0.3 is 5.97 Å². The third-order valence-corrected chi connectivity index (χ3v) is 7.57. The number of rotatable bonds is 7. The summed E-state index contributed by atoms with van der Waals surface area (Å²) in [5.41, 5.74) is 1.23. The lowest BCUT2D eigenvalue weighted by atomic mass is 10.2. The van der Waals surface area contributed by atoms with E-state index in [4.69, 9.17) is 0 Å². The minimum absolute atomic E-state index is 0.0328. The summed E-state index contributed by atoms with van der Waals surface area (Å²) in [7, 11) is 0. The molecule has 6 rings (SSSR count). The Labute approximate surface area is 263 Å². The lowest BCUT2D eigenvalue weighted by molar-refractivity contribution is -0.140. The number of hydrogen-bond acceptors (Lipinski definition) is 7. The van der Waals surface area contributed by atoms with E-state index in [9.17, 15) is 29.1 Å². The maximum atomic E-state index is 12.4. The van der Waals surface area contributed by atoms with Crippen molar-refractivity contribution in [1.82, 2.24) is 19.1 Å². The summed E-state index contributed by atoms with van der Waals surface area (Å²) in [6.45, 7) is 1.99. The Kier molecular flexibility index (Phi) is 9.76. The van der Waals surface area contributed by atoms with Crippen LogP contribution in [-0.2, 0) is 27.2 Å². The molecular weight excluding hydrogens is 588 g/mol. The van der Waals surface area contributed by atoms with Crippen molar-refractivity contribution in [3.63, 3.8) is 0 Å². The maximum Gasteiger partial charge on any atom is 0.326 e. The molecule has 0 spiro atoms.